The van der Waals surface area contributed by atoms with E-state index in [1.165, 1.54) is 6.92 Å². The van der Waals surface area contributed by atoms with Crippen LogP contribution >= 0.6 is 0 Å². The number of hydrogen-bond acceptors (Lipinski definition) is 8. The molecule has 0 spiro atoms. The first-order valence-corrected chi connectivity index (χ1v) is 8.03. The van der Waals surface area contributed by atoms with Crippen molar-refractivity contribution in [3.05, 3.63) is 15.8 Å². The maximum Gasteiger partial charge on any atom is 0.332 e. The van der Waals surface area contributed by atoms with Crippen molar-refractivity contribution in [1.82, 2.24) is 14.7 Å². The number of aryl methyl sites for hydroxylation is 1. The highest BCUT2D eigenvalue weighted by molar-refractivity contribution is 7.88. The molecular weight excluding hydrogens is 300 g/mol. The molecule has 0 aliphatic rings. The Bertz CT molecular complexity index is 618. The molecule has 0 saturated heterocycles. The summed E-state index contributed by atoms with van der Waals surface area (Å²) in [6.07, 6.45) is 1.53. The van der Waals surface area contributed by atoms with Crippen LogP contribution in [-0.2, 0) is 10.0 Å². The maximum atomic E-state index is 11.0. The average Bonchev–Trinajstić information content (AvgIpc) is 2.35. The van der Waals surface area contributed by atoms with Crippen molar-refractivity contribution < 1.29 is 13.3 Å². The monoisotopic (exact) mass is 318 g/mol. The van der Waals surface area contributed by atoms with Crippen molar-refractivity contribution in [3.63, 3.8) is 0 Å². The summed E-state index contributed by atoms with van der Waals surface area (Å²) in [5, 5.41) is 16.6. The van der Waals surface area contributed by atoms with Crippen molar-refractivity contribution in [3.8, 4) is 0 Å². The van der Waals surface area contributed by atoms with E-state index in [-0.39, 0.29) is 29.7 Å². The smallest absolute Gasteiger partial charge is 0.332 e. The molecule has 0 amide bonds. The van der Waals surface area contributed by atoms with E-state index >= 15 is 0 Å². The Hall–Kier alpha value is -2.01. The van der Waals surface area contributed by atoms with Gasteiger partial charge < -0.3 is 10.6 Å². The zero-order valence-corrected chi connectivity index (χ0v) is 12.8. The second-order valence-electron chi connectivity index (χ2n) is 4.28. The fourth-order valence-corrected chi connectivity index (χ4v) is 2.09. The third kappa shape index (κ3) is 5.47. The summed E-state index contributed by atoms with van der Waals surface area (Å²) in [4.78, 5) is 18.4. The van der Waals surface area contributed by atoms with Gasteiger partial charge in [-0.3, -0.25) is 10.1 Å². The fraction of sp³-hybridized carbons (Fsp3) is 0.600. The predicted molar refractivity (Wildman–Crippen MR) is 78.9 cm³/mol. The fourth-order valence-electron chi connectivity index (χ4n) is 1.57. The van der Waals surface area contributed by atoms with E-state index in [1.807, 2.05) is 0 Å². The van der Waals surface area contributed by atoms with Gasteiger partial charge in [0.25, 0.3) is 0 Å². The molecular formula is C10H18N6O4S. The molecule has 0 atom stereocenters. The molecule has 0 aromatic carbocycles. The van der Waals surface area contributed by atoms with Gasteiger partial charge in [0.2, 0.25) is 21.8 Å². The Morgan fingerprint density at radius 1 is 1.29 bits per heavy atom. The molecule has 0 unspecified atom stereocenters. The van der Waals surface area contributed by atoms with Crippen LogP contribution in [0.5, 0.6) is 0 Å². The molecule has 10 nitrogen and oxygen atoms in total. The van der Waals surface area contributed by atoms with Gasteiger partial charge in [0.05, 0.1) is 11.2 Å². The van der Waals surface area contributed by atoms with Crippen molar-refractivity contribution in [1.29, 1.82) is 0 Å². The van der Waals surface area contributed by atoms with Gasteiger partial charge in [0.1, 0.15) is 5.69 Å². The molecule has 0 aliphatic carbocycles. The van der Waals surface area contributed by atoms with Crippen LogP contribution in [0.3, 0.4) is 0 Å². The van der Waals surface area contributed by atoms with Gasteiger partial charge in [-0.15, -0.1) is 0 Å². The third-order valence-electron chi connectivity index (χ3n) is 2.47. The Labute approximate surface area is 122 Å². The number of aromatic nitrogens is 2. The van der Waals surface area contributed by atoms with E-state index < -0.39 is 14.9 Å². The number of nitrogens with one attached hydrogen (secondary N) is 3. The van der Waals surface area contributed by atoms with Crippen LogP contribution in [-0.4, -0.2) is 49.7 Å². The van der Waals surface area contributed by atoms with E-state index in [9.17, 15) is 18.5 Å². The molecule has 11 heteroatoms. The second kappa shape index (κ2) is 7.13. The van der Waals surface area contributed by atoms with Crippen LogP contribution in [0.15, 0.2) is 0 Å². The van der Waals surface area contributed by atoms with Gasteiger partial charge in [-0.1, -0.05) is 0 Å². The lowest BCUT2D eigenvalue weighted by Crippen LogP contribution is -2.24. The molecule has 1 rings (SSSR count). The van der Waals surface area contributed by atoms with Crippen molar-refractivity contribution in [2.24, 2.45) is 0 Å². The Morgan fingerprint density at radius 2 is 1.95 bits per heavy atom. The van der Waals surface area contributed by atoms with Crippen LogP contribution in [0.2, 0.25) is 0 Å². The molecule has 1 aromatic heterocycles. The number of anilines is 2. The highest BCUT2D eigenvalue weighted by atomic mass is 32.2. The molecule has 3 N–H and O–H groups in total. The van der Waals surface area contributed by atoms with Crippen molar-refractivity contribution in [2.75, 3.05) is 37.0 Å². The molecule has 118 valence electrons. The van der Waals surface area contributed by atoms with E-state index in [2.05, 4.69) is 25.3 Å². The highest BCUT2D eigenvalue weighted by Gasteiger charge is 2.21. The zero-order chi connectivity index (χ0) is 16.0. The number of rotatable bonds is 8. The van der Waals surface area contributed by atoms with Crippen LogP contribution in [0, 0.1) is 17.0 Å². The molecule has 21 heavy (non-hydrogen) atoms. The van der Waals surface area contributed by atoms with Crippen molar-refractivity contribution in [2.45, 2.75) is 13.3 Å². The van der Waals surface area contributed by atoms with Gasteiger partial charge in [-0.2, -0.15) is 4.98 Å². The van der Waals surface area contributed by atoms with E-state index in [0.717, 1.165) is 6.26 Å². The van der Waals surface area contributed by atoms with Gasteiger partial charge in [-0.05, 0) is 13.3 Å². The summed E-state index contributed by atoms with van der Waals surface area (Å²) < 4.78 is 24.1. The first kappa shape index (κ1) is 17.0. The summed E-state index contributed by atoms with van der Waals surface area (Å²) >= 11 is 0. The summed E-state index contributed by atoms with van der Waals surface area (Å²) in [7, 11) is -1.62. The standard InChI is InChI=1S/C10H18N6O4S/c1-7-8(16(17)18)9(15-10(11-2)14-7)12-5-4-6-13-21(3,19)20/h13H,4-6H2,1-3H3,(H2,11,12,14,15). The molecule has 0 fully saturated rings. The number of hydrogen-bond donors (Lipinski definition) is 3. The predicted octanol–water partition coefficient (Wildman–Crippen LogP) is 0.0861. The van der Waals surface area contributed by atoms with Crippen LogP contribution in [0.1, 0.15) is 12.1 Å². The lowest BCUT2D eigenvalue weighted by molar-refractivity contribution is -0.385. The lowest BCUT2D eigenvalue weighted by Gasteiger charge is -2.09. The highest BCUT2D eigenvalue weighted by Crippen LogP contribution is 2.26. The van der Waals surface area contributed by atoms with E-state index in [1.54, 1.807) is 7.05 Å². The Balaban J connectivity index is 2.73. The molecule has 1 heterocycles. The van der Waals surface area contributed by atoms with Crippen LogP contribution in [0.4, 0.5) is 17.5 Å². The van der Waals surface area contributed by atoms with Gasteiger partial charge in [0.15, 0.2) is 0 Å². The normalized spacial score (nSPS) is 11.2. The first-order valence-electron chi connectivity index (χ1n) is 6.14. The number of sulfonamides is 1. The quantitative estimate of drug-likeness (QED) is 0.348. The first-order chi connectivity index (χ1) is 9.74. The minimum Gasteiger partial charge on any atom is -0.364 e. The summed E-state index contributed by atoms with van der Waals surface area (Å²) in [5.41, 5.74) is 0.0567. The minimum atomic E-state index is -3.23. The SMILES string of the molecule is CNc1nc(C)c([N+](=O)[O-])c(NCCCNS(C)(=O)=O)n1. The number of nitrogens with zero attached hydrogens (tertiary/aromatic N) is 3. The largest absolute Gasteiger partial charge is 0.364 e. The van der Waals surface area contributed by atoms with E-state index in [0.29, 0.717) is 13.0 Å². The summed E-state index contributed by atoms with van der Waals surface area (Å²) in [5.74, 6) is 0.381. The minimum absolute atomic E-state index is 0.108. The van der Waals surface area contributed by atoms with Gasteiger partial charge in [-0.25, -0.2) is 18.1 Å². The summed E-state index contributed by atoms with van der Waals surface area (Å²) in [6.45, 7) is 2.10. The Kier molecular flexibility index (Phi) is 5.79. The van der Waals surface area contributed by atoms with Gasteiger partial charge in [0, 0.05) is 20.1 Å². The topological polar surface area (TPSA) is 139 Å². The van der Waals surface area contributed by atoms with Crippen LogP contribution < -0.4 is 15.4 Å². The maximum absolute atomic E-state index is 11.0. The zero-order valence-electron chi connectivity index (χ0n) is 12.0. The average molecular weight is 318 g/mol. The summed E-state index contributed by atoms with van der Waals surface area (Å²) in [6, 6.07) is 0. The molecule has 0 saturated carbocycles. The van der Waals surface area contributed by atoms with Crippen LogP contribution in [0.25, 0.3) is 0 Å². The Morgan fingerprint density at radius 3 is 2.48 bits per heavy atom. The molecule has 0 aliphatic heterocycles. The van der Waals surface area contributed by atoms with Gasteiger partial charge >= 0.3 is 5.69 Å². The molecule has 0 radical (unpaired) electrons. The number of nitro groups is 1. The molecule has 0 bridgehead atoms. The second-order valence-corrected chi connectivity index (χ2v) is 6.12. The lowest BCUT2D eigenvalue weighted by atomic mass is 10.3. The van der Waals surface area contributed by atoms with E-state index in [4.69, 9.17) is 0 Å². The molecule has 1 aromatic rings. The third-order valence-corrected chi connectivity index (χ3v) is 3.20. The van der Waals surface area contributed by atoms with Crippen molar-refractivity contribution >= 4 is 27.5 Å².